The van der Waals surface area contributed by atoms with E-state index in [9.17, 15) is 0 Å². The molecule has 0 saturated carbocycles. The van der Waals surface area contributed by atoms with Gasteiger partial charge in [-0.2, -0.15) is 0 Å². The first-order chi connectivity index (χ1) is 14.3. The second kappa shape index (κ2) is 7.95. The molecule has 0 saturated heterocycles. The van der Waals surface area contributed by atoms with Gasteiger partial charge in [0, 0.05) is 28.2 Å². The van der Waals surface area contributed by atoms with Gasteiger partial charge >= 0.3 is 0 Å². The topological polar surface area (TPSA) is 63.6 Å². The summed E-state index contributed by atoms with van der Waals surface area (Å²) in [6.07, 6.45) is 1.83. The van der Waals surface area contributed by atoms with Gasteiger partial charge in [0.05, 0.1) is 22.1 Å². The van der Waals surface area contributed by atoms with E-state index in [1.165, 1.54) is 0 Å². The summed E-state index contributed by atoms with van der Waals surface area (Å²) in [5, 5.41) is 6.54. The summed E-state index contributed by atoms with van der Waals surface area (Å²) in [5.41, 5.74) is 5.77. The predicted molar refractivity (Wildman–Crippen MR) is 124 cm³/mol. The third kappa shape index (κ3) is 4.39. The van der Waals surface area contributed by atoms with Crippen LogP contribution in [0.3, 0.4) is 0 Å². The minimum Gasteiger partial charge on any atom is -0.340 e. The van der Waals surface area contributed by atoms with Gasteiger partial charge in [0.15, 0.2) is 0 Å². The molecule has 1 N–H and O–H groups in total. The molecule has 152 valence electrons. The van der Waals surface area contributed by atoms with Crippen molar-refractivity contribution in [3.8, 4) is 22.6 Å². The van der Waals surface area contributed by atoms with Crippen LogP contribution >= 0.6 is 11.3 Å². The standard InChI is InChI=1S/C24H25N5S/c1-15-9-10-17(18-11-12-25-23(29-18)24(3,4)5)13-20(15)28-22-8-6-7-19(27-22)21-14-30-16(2)26-21/h6-14H,1-5H3,(H,27,28). The molecule has 0 aliphatic heterocycles. The number of anilines is 2. The molecule has 0 aliphatic rings. The Kier molecular flexibility index (Phi) is 5.35. The molecule has 0 amide bonds. The number of hydrogen-bond acceptors (Lipinski definition) is 6. The third-order valence-electron chi connectivity index (χ3n) is 4.75. The zero-order valence-electron chi connectivity index (χ0n) is 17.9. The highest BCUT2D eigenvalue weighted by Gasteiger charge is 2.18. The van der Waals surface area contributed by atoms with Gasteiger partial charge in [0.1, 0.15) is 11.6 Å². The summed E-state index contributed by atoms with van der Waals surface area (Å²) in [7, 11) is 0. The van der Waals surface area contributed by atoms with Crippen molar-refractivity contribution < 1.29 is 0 Å². The van der Waals surface area contributed by atoms with E-state index in [2.05, 4.69) is 61.2 Å². The first kappa shape index (κ1) is 20.2. The molecular formula is C24H25N5S. The molecular weight excluding hydrogens is 390 g/mol. The largest absolute Gasteiger partial charge is 0.340 e. The maximum Gasteiger partial charge on any atom is 0.134 e. The molecule has 0 unspecified atom stereocenters. The number of hydrogen-bond donors (Lipinski definition) is 1. The van der Waals surface area contributed by atoms with Crippen LogP contribution in [0.5, 0.6) is 0 Å². The molecule has 5 nitrogen and oxygen atoms in total. The van der Waals surface area contributed by atoms with E-state index >= 15 is 0 Å². The third-order valence-corrected chi connectivity index (χ3v) is 5.53. The molecule has 0 atom stereocenters. The van der Waals surface area contributed by atoms with Crippen LogP contribution in [-0.2, 0) is 5.41 Å². The quantitative estimate of drug-likeness (QED) is 0.422. The molecule has 30 heavy (non-hydrogen) atoms. The van der Waals surface area contributed by atoms with Gasteiger partial charge < -0.3 is 5.32 Å². The minimum atomic E-state index is -0.0970. The molecule has 1 aromatic carbocycles. The Balaban J connectivity index is 1.65. The Morgan fingerprint density at radius 2 is 1.70 bits per heavy atom. The van der Waals surface area contributed by atoms with Gasteiger partial charge in [-0.05, 0) is 43.7 Å². The van der Waals surface area contributed by atoms with Crippen molar-refractivity contribution in [2.75, 3.05) is 5.32 Å². The lowest BCUT2D eigenvalue weighted by molar-refractivity contribution is 0.546. The SMILES string of the molecule is Cc1nc(-c2cccc(Nc3cc(-c4ccnc(C(C)(C)C)n4)ccc3C)n2)cs1. The zero-order chi connectivity index (χ0) is 21.3. The second-order valence-electron chi connectivity index (χ2n) is 8.33. The number of nitrogens with one attached hydrogen (secondary N) is 1. The van der Waals surface area contributed by atoms with Crippen molar-refractivity contribution >= 4 is 22.8 Å². The zero-order valence-corrected chi connectivity index (χ0v) is 18.7. The van der Waals surface area contributed by atoms with Crippen molar-refractivity contribution in [1.29, 1.82) is 0 Å². The lowest BCUT2D eigenvalue weighted by atomic mass is 9.95. The van der Waals surface area contributed by atoms with Crippen LogP contribution in [0.25, 0.3) is 22.6 Å². The maximum atomic E-state index is 4.79. The van der Waals surface area contributed by atoms with E-state index in [1.54, 1.807) is 11.3 Å². The number of benzene rings is 1. The first-order valence-corrected chi connectivity index (χ1v) is 10.8. The lowest BCUT2D eigenvalue weighted by Crippen LogP contribution is -2.15. The second-order valence-corrected chi connectivity index (χ2v) is 9.39. The monoisotopic (exact) mass is 415 g/mol. The summed E-state index contributed by atoms with van der Waals surface area (Å²) in [6.45, 7) is 10.5. The molecule has 4 rings (SSSR count). The minimum absolute atomic E-state index is 0.0970. The fourth-order valence-electron chi connectivity index (χ4n) is 3.06. The highest BCUT2D eigenvalue weighted by atomic mass is 32.1. The van der Waals surface area contributed by atoms with Gasteiger partial charge in [-0.25, -0.2) is 19.9 Å². The Labute approximate surface area is 181 Å². The van der Waals surface area contributed by atoms with E-state index in [0.29, 0.717) is 0 Å². The summed E-state index contributed by atoms with van der Waals surface area (Å²) in [6, 6.07) is 14.2. The van der Waals surface area contributed by atoms with Crippen LogP contribution in [0, 0.1) is 13.8 Å². The van der Waals surface area contributed by atoms with Gasteiger partial charge in [0.25, 0.3) is 0 Å². The van der Waals surface area contributed by atoms with Gasteiger partial charge in [-0.3, -0.25) is 0 Å². The normalized spacial score (nSPS) is 11.5. The molecule has 3 heterocycles. The fourth-order valence-corrected chi connectivity index (χ4v) is 3.67. The Bertz CT molecular complexity index is 1190. The van der Waals surface area contributed by atoms with Crippen molar-refractivity contribution in [2.24, 2.45) is 0 Å². The Morgan fingerprint density at radius 1 is 0.867 bits per heavy atom. The molecule has 3 aromatic heterocycles. The molecule has 6 heteroatoms. The highest BCUT2D eigenvalue weighted by molar-refractivity contribution is 7.09. The molecule has 0 spiro atoms. The number of rotatable bonds is 4. The number of aromatic nitrogens is 4. The number of pyridine rings is 1. The highest BCUT2D eigenvalue weighted by Crippen LogP contribution is 2.28. The summed E-state index contributed by atoms with van der Waals surface area (Å²) in [4.78, 5) is 18.5. The van der Waals surface area contributed by atoms with Crippen LogP contribution in [-0.4, -0.2) is 19.9 Å². The van der Waals surface area contributed by atoms with Gasteiger partial charge in [-0.15, -0.1) is 11.3 Å². The van der Waals surface area contributed by atoms with Crippen LogP contribution in [0.15, 0.2) is 54.0 Å². The van der Waals surface area contributed by atoms with E-state index in [1.807, 2.05) is 42.8 Å². The summed E-state index contributed by atoms with van der Waals surface area (Å²) in [5.74, 6) is 1.62. The molecule has 0 bridgehead atoms. The Morgan fingerprint density at radius 3 is 2.43 bits per heavy atom. The number of nitrogens with zero attached hydrogens (tertiary/aromatic N) is 4. The summed E-state index contributed by atoms with van der Waals surface area (Å²) >= 11 is 1.63. The summed E-state index contributed by atoms with van der Waals surface area (Å²) < 4.78 is 0. The van der Waals surface area contributed by atoms with Crippen LogP contribution in [0.4, 0.5) is 11.5 Å². The van der Waals surface area contributed by atoms with Crippen LogP contribution in [0.1, 0.15) is 37.2 Å². The predicted octanol–water partition coefficient (Wildman–Crippen LogP) is 6.32. The average molecular weight is 416 g/mol. The Hall–Kier alpha value is -3.12. The first-order valence-electron chi connectivity index (χ1n) is 9.91. The smallest absolute Gasteiger partial charge is 0.134 e. The number of aryl methyl sites for hydroxylation is 2. The average Bonchev–Trinajstić information content (AvgIpc) is 3.16. The molecule has 0 aliphatic carbocycles. The fraction of sp³-hybridized carbons (Fsp3) is 0.250. The van der Waals surface area contributed by atoms with E-state index < -0.39 is 0 Å². The van der Waals surface area contributed by atoms with Gasteiger partial charge in [-0.1, -0.05) is 39.0 Å². The molecule has 4 aromatic rings. The van der Waals surface area contributed by atoms with E-state index in [0.717, 1.165) is 50.5 Å². The van der Waals surface area contributed by atoms with Crippen molar-refractivity contribution in [1.82, 2.24) is 19.9 Å². The van der Waals surface area contributed by atoms with Crippen molar-refractivity contribution in [3.63, 3.8) is 0 Å². The van der Waals surface area contributed by atoms with E-state index in [-0.39, 0.29) is 5.41 Å². The van der Waals surface area contributed by atoms with Crippen molar-refractivity contribution in [3.05, 3.63) is 70.4 Å². The maximum absolute atomic E-state index is 4.79. The number of thiazole rings is 1. The van der Waals surface area contributed by atoms with E-state index in [4.69, 9.17) is 9.97 Å². The molecule has 0 fully saturated rings. The van der Waals surface area contributed by atoms with Gasteiger partial charge in [0.2, 0.25) is 0 Å². The van der Waals surface area contributed by atoms with Crippen LogP contribution in [0.2, 0.25) is 0 Å². The van der Waals surface area contributed by atoms with Crippen molar-refractivity contribution in [2.45, 2.75) is 40.0 Å². The lowest BCUT2D eigenvalue weighted by Gasteiger charge is -2.17. The van der Waals surface area contributed by atoms with Crippen LogP contribution < -0.4 is 5.32 Å². The molecule has 0 radical (unpaired) electrons.